The summed E-state index contributed by atoms with van der Waals surface area (Å²) in [6, 6.07) is 16.8. The van der Waals surface area contributed by atoms with Crippen molar-refractivity contribution in [3.8, 4) is 0 Å². The Bertz CT molecular complexity index is 1650. The van der Waals surface area contributed by atoms with Crippen LogP contribution in [0.1, 0.15) is 40.8 Å². The van der Waals surface area contributed by atoms with Crippen LogP contribution in [0.2, 0.25) is 0 Å². The maximum absolute atomic E-state index is 14.0. The van der Waals surface area contributed by atoms with Gasteiger partial charge in [0.1, 0.15) is 6.04 Å². The van der Waals surface area contributed by atoms with E-state index < -0.39 is 17.9 Å². The first kappa shape index (κ1) is 29.1. The lowest BCUT2D eigenvalue weighted by Gasteiger charge is -2.23. The molecule has 1 atom stereocenters. The number of nitrogens with two attached hydrogens (primary N) is 1. The van der Waals surface area contributed by atoms with Crippen LogP contribution >= 0.6 is 0 Å². The number of anilines is 2. The summed E-state index contributed by atoms with van der Waals surface area (Å²) in [5.74, 6) is -1.05. The number of amides is 1. The molecule has 0 bridgehead atoms. The van der Waals surface area contributed by atoms with Crippen molar-refractivity contribution >= 4 is 39.7 Å². The van der Waals surface area contributed by atoms with Crippen molar-refractivity contribution in [2.45, 2.75) is 33.2 Å². The highest BCUT2D eigenvalue weighted by Gasteiger charge is 2.24. The van der Waals surface area contributed by atoms with Gasteiger partial charge >= 0.3 is 5.97 Å². The van der Waals surface area contributed by atoms with Crippen molar-refractivity contribution in [2.24, 2.45) is 0 Å². The fourth-order valence-electron chi connectivity index (χ4n) is 4.84. The summed E-state index contributed by atoms with van der Waals surface area (Å²) in [4.78, 5) is 41.6. The lowest BCUT2D eigenvalue weighted by molar-refractivity contribution is -0.137. The molecule has 212 valence electrons. The van der Waals surface area contributed by atoms with Gasteiger partial charge in [-0.2, -0.15) is 0 Å². The van der Waals surface area contributed by atoms with E-state index in [-0.39, 0.29) is 24.5 Å². The number of aliphatic hydroxyl groups is 1. The lowest BCUT2D eigenvalue weighted by atomic mass is 9.93. The van der Waals surface area contributed by atoms with Gasteiger partial charge in [0.25, 0.3) is 11.5 Å². The number of nitrogens with one attached hydrogen (secondary N) is 3. The number of aliphatic hydroxyl groups excluding tert-OH is 1. The van der Waals surface area contributed by atoms with Gasteiger partial charge in [0.2, 0.25) is 0 Å². The minimum Gasteiger partial charge on any atom is -0.463 e. The zero-order valence-corrected chi connectivity index (χ0v) is 23.3. The number of fused-ring (bicyclic) bond motifs is 1. The van der Waals surface area contributed by atoms with Crippen molar-refractivity contribution in [1.29, 1.82) is 0 Å². The first-order chi connectivity index (χ1) is 19.7. The van der Waals surface area contributed by atoms with Crippen LogP contribution in [0.25, 0.3) is 16.5 Å². The summed E-state index contributed by atoms with van der Waals surface area (Å²) in [6.07, 6.45) is 3.31. The number of pyridine rings is 1. The van der Waals surface area contributed by atoms with Crippen LogP contribution in [0.5, 0.6) is 0 Å². The Balaban J connectivity index is 1.78. The van der Waals surface area contributed by atoms with E-state index in [4.69, 9.17) is 10.5 Å². The number of H-pyrrole nitrogens is 1. The predicted octanol–water partition coefficient (Wildman–Crippen LogP) is 4.14. The largest absolute Gasteiger partial charge is 0.463 e. The van der Waals surface area contributed by atoms with Crippen molar-refractivity contribution in [1.82, 2.24) is 10.3 Å². The number of aromatic nitrogens is 1. The minimum atomic E-state index is -0.914. The zero-order valence-electron chi connectivity index (χ0n) is 23.3. The van der Waals surface area contributed by atoms with Gasteiger partial charge < -0.3 is 31.2 Å². The average Bonchev–Trinajstić information content (AvgIpc) is 2.93. The summed E-state index contributed by atoms with van der Waals surface area (Å²) in [6.45, 7) is 5.76. The standard InChI is InChI=1S/C32H34N4O5/c1-4-41-29(38)18-28(22-6-5-7-24(33)16-22)36-32(40)30(23-14-19(2)26(11-13-37)20(3)15-23)35-25-9-8-21-10-12-34-31(39)27(21)17-25/h5-10,12,14-18,30,35,37H,4,11,13,33H2,1-3H3,(H,34,39)(H,36,40)/b28-18+. The van der Waals surface area contributed by atoms with Crippen molar-refractivity contribution in [3.05, 3.63) is 111 Å². The Morgan fingerprint density at radius 3 is 2.51 bits per heavy atom. The molecular formula is C32H34N4O5. The van der Waals surface area contributed by atoms with Crippen LogP contribution in [0.4, 0.5) is 11.4 Å². The molecule has 1 amide bonds. The Kier molecular flexibility index (Phi) is 9.21. The molecule has 0 saturated heterocycles. The highest BCUT2D eigenvalue weighted by molar-refractivity contribution is 5.99. The second-order valence-electron chi connectivity index (χ2n) is 9.72. The summed E-state index contributed by atoms with van der Waals surface area (Å²) in [5, 5.41) is 16.9. The van der Waals surface area contributed by atoms with E-state index >= 15 is 0 Å². The van der Waals surface area contributed by atoms with Crippen molar-refractivity contribution in [2.75, 3.05) is 24.3 Å². The number of aromatic amines is 1. The maximum Gasteiger partial charge on any atom is 0.332 e. The smallest absolute Gasteiger partial charge is 0.332 e. The molecule has 0 radical (unpaired) electrons. The molecule has 4 aromatic rings. The molecule has 6 N–H and O–H groups in total. The number of hydrogen-bond donors (Lipinski definition) is 5. The highest BCUT2D eigenvalue weighted by Crippen LogP contribution is 2.27. The SMILES string of the molecule is CCOC(=O)/C=C(/NC(=O)C(Nc1ccc2cc[nH]c(=O)c2c1)c1cc(C)c(CCO)c(C)c1)c1cccc(N)c1. The molecule has 1 unspecified atom stereocenters. The van der Waals surface area contributed by atoms with Crippen LogP contribution in [0.3, 0.4) is 0 Å². The third kappa shape index (κ3) is 7.01. The third-order valence-corrected chi connectivity index (χ3v) is 6.77. The van der Waals surface area contributed by atoms with E-state index in [0.29, 0.717) is 34.3 Å². The number of aryl methyl sites for hydroxylation is 2. The second-order valence-corrected chi connectivity index (χ2v) is 9.72. The Morgan fingerprint density at radius 2 is 1.83 bits per heavy atom. The quantitative estimate of drug-likeness (QED) is 0.112. The molecule has 0 fully saturated rings. The number of nitrogen functional groups attached to an aromatic ring is 1. The highest BCUT2D eigenvalue weighted by atomic mass is 16.5. The molecule has 0 aliphatic rings. The number of carbonyl (C=O) groups is 2. The van der Waals surface area contributed by atoms with E-state index in [1.165, 1.54) is 6.08 Å². The molecule has 0 spiro atoms. The third-order valence-electron chi connectivity index (χ3n) is 6.77. The average molecular weight is 555 g/mol. The molecular weight excluding hydrogens is 520 g/mol. The topological polar surface area (TPSA) is 147 Å². The van der Waals surface area contributed by atoms with E-state index in [1.54, 1.807) is 55.6 Å². The van der Waals surface area contributed by atoms with E-state index in [9.17, 15) is 19.5 Å². The van der Waals surface area contributed by atoms with Gasteiger partial charge in [-0.3, -0.25) is 9.59 Å². The zero-order chi connectivity index (χ0) is 29.5. The predicted molar refractivity (Wildman–Crippen MR) is 161 cm³/mol. The monoisotopic (exact) mass is 554 g/mol. The minimum absolute atomic E-state index is 0.0110. The first-order valence-corrected chi connectivity index (χ1v) is 13.3. The summed E-state index contributed by atoms with van der Waals surface area (Å²) < 4.78 is 5.10. The van der Waals surface area contributed by atoms with Gasteiger partial charge in [0.05, 0.1) is 12.3 Å². The maximum atomic E-state index is 14.0. The van der Waals surface area contributed by atoms with Crippen LogP contribution in [-0.2, 0) is 20.7 Å². The van der Waals surface area contributed by atoms with Gasteiger partial charge in [0.15, 0.2) is 0 Å². The molecule has 1 heterocycles. The number of hydrogen-bond acceptors (Lipinski definition) is 7. The molecule has 3 aromatic carbocycles. The molecule has 0 saturated carbocycles. The number of benzene rings is 3. The molecule has 0 aliphatic carbocycles. The molecule has 1 aromatic heterocycles. The molecule has 9 heteroatoms. The van der Waals surface area contributed by atoms with Gasteiger partial charge in [-0.15, -0.1) is 0 Å². The number of carbonyl (C=O) groups excluding carboxylic acids is 2. The Labute approximate surface area is 238 Å². The molecule has 9 nitrogen and oxygen atoms in total. The lowest BCUT2D eigenvalue weighted by Crippen LogP contribution is -2.33. The Hall–Kier alpha value is -4.89. The number of esters is 1. The van der Waals surface area contributed by atoms with E-state index in [0.717, 1.165) is 22.1 Å². The van der Waals surface area contributed by atoms with Crippen molar-refractivity contribution < 1.29 is 19.4 Å². The van der Waals surface area contributed by atoms with E-state index in [2.05, 4.69) is 15.6 Å². The van der Waals surface area contributed by atoms with E-state index in [1.807, 2.05) is 32.0 Å². The van der Waals surface area contributed by atoms with Gasteiger partial charge in [-0.05, 0) is 85.2 Å². The van der Waals surface area contributed by atoms with Crippen LogP contribution in [-0.4, -0.2) is 35.2 Å². The Morgan fingerprint density at radius 1 is 1.07 bits per heavy atom. The summed E-state index contributed by atoms with van der Waals surface area (Å²) in [7, 11) is 0. The first-order valence-electron chi connectivity index (χ1n) is 13.3. The van der Waals surface area contributed by atoms with Gasteiger partial charge in [-0.25, -0.2) is 4.79 Å². The van der Waals surface area contributed by atoms with Gasteiger partial charge in [-0.1, -0.05) is 30.3 Å². The summed E-state index contributed by atoms with van der Waals surface area (Å²) in [5.41, 5.74) is 11.1. The fourth-order valence-corrected chi connectivity index (χ4v) is 4.84. The summed E-state index contributed by atoms with van der Waals surface area (Å²) >= 11 is 0. The second kappa shape index (κ2) is 13.0. The van der Waals surface area contributed by atoms with Crippen molar-refractivity contribution in [3.63, 3.8) is 0 Å². The normalized spacial score (nSPS) is 12.1. The molecule has 41 heavy (non-hydrogen) atoms. The number of rotatable bonds is 10. The molecule has 0 aliphatic heterocycles. The van der Waals surface area contributed by atoms with Crippen LogP contribution in [0.15, 0.2) is 77.7 Å². The van der Waals surface area contributed by atoms with Gasteiger partial charge in [0, 0.05) is 41.2 Å². The van der Waals surface area contributed by atoms with Crippen LogP contribution < -0.4 is 21.9 Å². The van der Waals surface area contributed by atoms with Crippen LogP contribution in [0, 0.1) is 13.8 Å². The number of ether oxygens (including phenoxy) is 1. The molecule has 4 rings (SSSR count). The fraction of sp³-hybridized carbons (Fsp3) is 0.219.